The standard InChI is InChI=1S/C19H18N4O/c1-23-14-13-21-19(23)18(15-7-3-2-4-8-15)22-17(24)11-10-16-9-5-6-12-20-16/h2-14,18H,1H3,(H,22,24)/b11-10+. The Kier molecular flexibility index (Phi) is 4.81. The van der Waals surface area contributed by atoms with Crippen LogP contribution in [0.2, 0.25) is 0 Å². The second-order valence-corrected chi connectivity index (χ2v) is 5.34. The zero-order valence-corrected chi connectivity index (χ0v) is 13.3. The molecule has 3 aromatic rings. The van der Waals surface area contributed by atoms with Gasteiger partial charge >= 0.3 is 0 Å². The largest absolute Gasteiger partial charge is 0.339 e. The number of nitrogens with zero attached hydrogens (tertiary/aromatic N) is 3. The van der Waals surface area contributed by atoms with Crippen molar-refractivity contribution in [2.75, 3.05) is 0 Å². The molecule has 24 heavy (non-hydrogen) atoms. The maximum absolute atomic E-state index is 12.3. The summed E-state index contributed by atoms with van der Waals surface area (Å²) in [4.78, 5) is 20.9. The first kappa shape index (κ1) is 15.7. The minimum absolute atomic E-state index is 0.197. The Bertz CT molecular complexity index is 825. The second-order valence-electron chi connectivity index (χ2n) is 5.34. The molecule has 3 rings (SSSR count). The molecule has 0 aliphatic rings. The molecule has 5 nitrogen and oxygen atoms in total. The first-order chi connectivity index (χ1) is 11.7. The molecule has 0 bridgehead atoms. The maximum atomic E-state index is 12.3. The van der Waals surface area contributed by atoms with E-state index in [1.165, 1.54) is 6.08 Å². The van der Waals surface area contributed by atoms with Gasteiger partial charge in [0.25, 0.3) is 0 Å². The van der Waals surface area contributed by atoms with Gasteiger partial charge < -0.3 is 9.88 Å². The molecular weight excluding hydrogens is 300 g/mol. The number of benzene rings is 1. The molecule has 0 radical (unpaired) electrons. The summed E-state index contributed by atoms with van der Waals surface area (Å²) in [6, 6.07) is 15.0. The van der Waals surface area contributed by atoms with Gasteiger partial charge in [-0.15, -0.1) is 0 Å². The molecule has 0 fully saturated rings. The van der Waals surface area contributed by atoms with Crippen LogP contribution in [0, 0.1) is 0 Å². The summed E-state index contributed by atoms with van der Waals surface area (Å²) in [6.45, 7) is 0. The number of aryl methyl sites for hydroxylation is 1. The number of imidazole rings is 1. The van der Waals surface area contributed by atoms with Crippen molar-refractivity contribution in [3.63, 3.8) is 0 Å². The molecule has 1 aromatic carbocycles. The van der Waals surface area contributed by atoms with Crippen LogP contribution in [0.3, 0.4) is 0 Å². The quantitative estimate of drug-likeness (QED) is 0.736. The van der Waals surface area contributed by atoms with Gasteiger partial charge in [0.2, 0.25) is 5.91 Å². The smallest absolute Gasteiger partial charge is 0.244 e. The third-order valence-corrected chi connectivity index (χ3v) is 3.63. The van der Waals surface area contributed by atoms with Crippen molar-refractivity contribution in [3.8, 4) is 0 Å². The zero-order chi connectivity index (χ0) is 16.8. The number of amides is 1. The van der Waals surface area contributed by atoms with E-state index in [0.717, 1.165) is 17.1 Å². The van der Waals surface area contributed by atoms with E-state index in [1.807, 2.05) is 66.3 Å². The van der Waals surface area contributed by atoms with Gasteiger partial charge in [-0.1, -0.05) is 36.4 Å². The van der Waals surface area contributed by atoms with Crippen LogP contribution in [0.1, 0.15) is 23.1 Å². The number of nitrogens with one attached hydrogen (secondary N) is 1. The molecular formula is C19H18N4O. The lowest BCUT2D eigenvalue weighted by Gasteiger charge is -2.18. The summed E-state index contributed by atoms with van der Waals surface area (Å²) < 4.78 is 1.90. The van der Waals surface area contributed by atoms with Gasteiger partial charge in [0, 0.05) is 31.7 Å². The molecule has 120 valence electrons. The number of carbonyl (C=O) groups excluding carboxylic acids is 1. The van der Waals surface area contributed by atoms with Crippen molar-refractivity contribution in [1.29, 1.82) is 0 Å². The summed E-state index contributed by atoms with van der Waals surface area (Å²) in [5.74, 6) is 0.582. The van der Waals surface area contributed by atoms with Crippen LogP contribution in [0.15, 0.2) is 73.2 Å². The van der Waals surface area contributed by atoms with Crippen LogP contribution >= 0.6 is 0 Å². The Hall–Kier alpha value is -3.21. The topological polar surface area (TPSA) is 59.8 Å². The number of hydrogen-bond acceptors (Lipinski definition) is 3. The van der Waals surface area contributed by atoms with Gasteiger partial charge in [-0.2, -0.15) is 0 Å². The molecule has 5 heteroatoms. The molecule has 2 heterocycles. The van der Waals surface area contributed by atoms with Crippen molar-refractivity contribution in [2.24, 2.45) is 7.05 Å². The van der Waals surface area contributed by atoms with E-state index in [0.29, 0.717) is 0 Å². The SMILES string of the molecule is Cn1ccnc1C(NC(=O)/C=C/c1ccccn1)c1ccccc1. The van der Waals surface area contributed by atoms with Crippen molar-refractivity contribution >= 4 is 12.0 Å². The van der Waals surface area contributed by atoms with Crippen LogP contribution in [0.4, 0.5) is 0 Å². The average Bonchev–Trinajstić information content (AvgIpc) is 3.05. The minimum Gasteiger partial charge on any atom is -0.339 e. The first-order valence-electron chi connectivity index (χ1n) is 7.66. The molecule has 0 saturated heterocycles. The Labute approximate surface area is 140 Å². The highest BCUT2D eigenvalue weighted by atomic mass is 16.1. The Morgan fingerprint density at radius 2 is 1.88 bits per heavy atom. The fraction of sp³-hybridized carbons (Fsp3) is 0.105. The molecule has 1 unspecified atom stereocenters. The fourth-order valence-electron chi connectivity index (χ4n) is 2.42. The van der Waals surface area contributed by atoms with E-state index in [-0.39, 0.29) is 11.9 Å². The summed E-state index contributed by atoms with van der Waals surface area (Å²) >= 11 is 0. The maximum Gasteiger partial charge on any atom is 0.244 e. The number of hydrogen-bond donors (Lipinski definition) is 1. The highest BCUT2D eigenvalue weighted by Gasteiger charge is 2.19. The van der Waals surface area contributed by atoms with Crippen molar-refractivity contribution in [3.05, 3.63) is 90.3 Å². The molecule has 2 aromatic heterocycles. The fourth-order valence-corrected chi connectivity index (χ4v) is 2.42. The zero-order valence-electron chi connectivity index (χ0n) is 13.3. The molecule has 0 saturated carbocycles. The Morgan fingerprint density at radius 1 is 1.08 bits per heavy atom. The monoisotopic (exact) mass is 318 g/mol. The van der Waals surface area contributed by atoms with Crippen molar-refractivity contribution in [2.45, 2.75) is 6.04 Å². The summed E-state index contributed by atoms with van der Waals surface area (Å²) in [6.07, 6.45) is 8.46. The third-order valence-electron chi connectivity index (χ3n) is 3.63. The lowest BCUT2D eigenvalue weighted by Crippen LogP contribution is -2.29. The predicted octanol–water partition coefficient (Wildman–Crippen LogP) is 2.73. The lowest BCUT2D eigenvalue weighted by molar-refractivity contribution is -0.117. The van der Waals surface area contributed by atoms with E-state index in [1.54, 1.807) is 18.5 Å². The second kappa shape index (κ2) is 7.37. The Morgan fingerprint density at radius 3 is 2.54 bits per heavy atom. The van der Waals surface area contributed by atoms with Crippen LogP contribution in [0.25, 0.3) is 6.08 Å². The minimum atomic E-state index is -0.313. The van der Waals surface area contributed by atoms with Crippen molar-refractivity contribution < 1.29 is 4.79 Å². The van der Waals surface area contributed by atoms with Crippen molar-refractivity contribution in [1.82, 2.24) is 19.9 Å². The third kappa shape index (κ3) is 3.76. The van der Waals surface area contributed by atoms with Crippen LogP contribution in [-0.4, -0.2) is 20.4 Å². The van der Waals surface area contributed by atoms with Crippen LogP contribution < -0.4 is 5.32 Å². The molecule has 1 atom stereocenters. The lowest BCUT2D eigenvalue weighted by atomic mass is 10.1. The summed E-state index contributed by atoms with van der Waals surface area (Å²) in [7, 11) is 1.91. The highest BCUT2D eigenvalue weighted by Crippen LogP contribution is 2.20. The molecule has 1 N–H and O–H groups in total. The number of carbonyl (C=O) groups is 1. The van der Waals surface area contributed by atoms with Gasteiger partial charge in [-0.3, -0.25) is 9.78 Å². The highest BCUT2D eigenvalue weighted by molar-refractivity contribution is 5.91. The number of aromatic nitrogens is 3. The summed E-state index contributed by atoms with van der Waals surface area (Å²) in [5.41, 5.74) is 1.72. The molecule has 1 amide bonds. The predicted molar refractivity (Wildman–Crippen MR) is 92.9 cm³/mol. The van der Waals surface area contributed by atoms with Gasteiger partial charge in [-0.05, 0) is 23.8 Å². The van der Waals surface area contributed by atoms with Gasteiger partial charge in [0.05, 0.1) is 5.69 Å². The normalized spacial score (nSPS) is 12.2. The van der Waals surface area contributed by atoms with Crippen LogP contribution in [0.5, 0.6) is 0 Å². The van der Waals surface area contributed by atoms with Gasteiger partial charge in [0.15, 0.2) is 0 Å². The van der Waals surface area contributed by atoms with E-state index in [4.69, 9.17) is 0 Å². The summed E-state index contributed by atoms with van der Waals surface area (Å²) in [5, 5.41) is 3.01. The van der Waals surface area contributed by atoms with E-state index in [9.17, 15) is 4.79 Å². The van der Waals surface area contributed by atoms with E-state index in [2.05, 4.69) is 15.3 Å². The average molecular weight is 318 g/mol. The number of pyridine rings is 1. The number of rotatable bonds is 5. The molecule has 0 aliphatic carbocycles. The Balaban J connectivity index is 1.81. The first-order valence-corrected chi connectivity index (χ1v) is 7.66. The molecule has 0 aliphatic heterocycles. The van der Waals surface area contributed by atoms with Gasteiger partial charge in [0.1, 0.15) is 11.9 Å². The van der Waals surface area contributed by atoms with E-state index >= 15 is 0 Å². The molecule has 0 spiro atoms. The van der Waals surface area contributed by atoms with Crippen LogP contribution in [-0.2, 0) is 11.8 Å². The van der Waals surface area contributed by atoms with E-state index < -0.39 is 0 Å². The van der Waals surface area contributed by atoms with Gasteiger partial charge in [-0.25, -0.2) is 4.98 Å².